The van der Waals surface area contributed by atoms with Crippen molar-refractivity contribution >= 4 is 29.9 Å². The topological polar surface area (TPSA) is 58.1 Å². The van der Waals surface area contributed by atoms with Crippen LogP contribution < -0.4 is 15.4 Å². The Morgan fingerprint density at radius 3 is 2.52 bits per heavy atom. The molecule has 0 radical (unpaired) electrons. The van der Waals surface area contributed by atoms with Gasteiger partial charge in [0.1, 0.15) is 5.75 Å². The molecule has 3 saturated heterocycles. The number of aliphatic imine (C=N–C) groups is 1. The number of benzene rings is 1. The Morgan fingerprint density at radius 1 is 1.17 bits per heavy atom. The summed E-state index contributed by atoms with van der Waals surface area (Å²) in [6.45, 7) is 4.34. The van der Waals surface area contributed by atoms with E-state index in [-0.39, 0.29) is 24.0 Å². The maximum Gasteiger partial charge on any atom is 0.191 e. The number of ether oxygens (including phenoxy) is 2. The molecule has 7 heteroatoms. The molecule has 0 saturated carbocycles. The van der Waals surface area contributed by atoms with Gasteiger partial charge in [0, 0.05) is 20.1 Å². The first kappa shape index (κ1) is 22.6. The minimum atomic E-state index is 0. The Labute approximate surface area is 191 Å². The number of nitrogens with one attached hydrogen (secondary N) is 2. The molecule has 0 spiro atoms. The summed E-state index contributed by atoms with van der Waals surface area (Å²) in [5, 5.41) is 7.13. The average molecular weight is 514 g/mol. The Kier molecular flexibility index (Phi) is 8.44. The summed E-state index contributed by atoms with van der Waals surface area (Å²) in [7, 11) is 3.57. The molecule has 29 heavy (non-hydrogen) atoms. The molecule has 1 aromatic carbocycles. The molecular formula is C22H35IN4O2. The van der Waals surface area contributed by atoms with Crippen LogP contribution >= 0.6 is 24.0 Å². The van der Waals surface area contributed by atoms with Gasteiger partial charge < -0.3 is 20.1 Å². The number of methoxy groups -OCH3 is 1. The van der Waals surface area contributed by atoms with Crippen LogP contribution in [0, 0.1) is 5.92 Å². The molecular weight excluding hydrogens is 479 g/mol. The average Bonchev–Trinajstić information content (AvgIpc) is 3.36. The van der Waals surface area contributed by atoms with Gasteiger partial charge in [-0.3, -0.25) is 9.89 Å². The molecule has 1 aromatic rings. The quantitative estimate of drug-likeness (QED) is 0.348. The van der Waals surface area contributed by atoms with Crippen molar-refractivity contribution in [2.24, 2.45) is 10.9 Å². The van der Waals surface area contributed by atoms with E-state index in [0.717, 1.165) is 44.3 Å². The molecule has 2 bridgehead atoms. The van der Waals surface area contributed by atoms with Crippen LogP contribution in [0.5, 0.6) is 5.75 Å². The lowest BCUT2D eigenvalue weighted by Gasteiger charge is -2.32. The van der Waals surface area contributed by atoms with E-state index >= 15 is 0 Å². The first-order valence-corrected chi connectivity index (χ1v) is 10.7. The number of halogens is 1. The van der Waals surface area contributed by atoms with E-state index in [2.05, 4.69) is 32.7 Å². The van der Waals surface area contributed by atoms with Gasteiger partial charge in [-0.15, -0.1) is 24.0 Å². The van der Waals surface area contributed by atoms with Crippen molar-refractivity contribution in [3.8, 4) is 5.75 Å². The van der Waals surface area contributed by atoms with Gasteiger partial charge in [0.05, 0.1) is 25.4 Å². The Balaban J connectivity index is 0.00000240. The third kappa shape index (κ3) is 5.98. The zero-order chi connectivity index (χ0) is 19.3. The molecule has 3 fully saturated rings. The van der Waals surface area contributed by atoms with Crippen LogP contribution in [0.2, 0.25) is 0 Å². The van der Waals surface area contributed by atoms with Gasteiger partial charge >= 0.3 is 0 Å². The number of hydrogen-bond acceptors (Lipinski definition) is 4. The molecule has 2 N–H and O–H groups in total. The van der Waals surface area contributed by atoms with Crippen LogP contribution in [0.1, 0.15) is 37.7 Å². The van der Waals surface area contributed by atoms with E-state index < -0.39 is 0 Å². The van der Waals surface area contributed by atoms with Gasteiger partial charge in [-0.1, -0.05) is 12.1 Å². The van der Waals surface area contributed by atoms with Crippen molar-refractivity contribution in [3.63, 3.8) is 0 Å². The smallest absolute Gasteiger partial charge is 0.191 e. The highest BCUT2D eigenvalue weighted by Crippen LogP contribution is 2.34. The summed E-state index contributed by atoms with van der Waals surface area (Å²) in [5.74, 6) is 2.57. The monoisotopic (exact) mass is 514 g/mol. The number of fused-ring (bicyclic) bond motifs is 2. The Hall–Kier alpha value is -1.06. The number of hydrogen-bond donors (Lipinski definition) is 2. The van der Waals surface area contributed by atoms with Gasteiger partial charge in [0.15, 0.2) is 5.96 Å². The maximum atomic E-state index is 5.94. The zero-order valence-corrected chi connectivity index (χ0v) is 19.9. The fraction of sp³-hybridized carbons (Fsp3) is 0.682. The molecule has 3 aliphatic rings. The second-order valence-corrected chi connectivity index (χ2v) is 8.38. The number of nitrogens with zero attached hydrogens (tertiary/aromatic N) is 2. The highest BCUT2D eigenvalue weighted by Gasteiger charge is 2.41. The molecule has 3 heterocycles. The normalized spacial score (nSPS) is 27.5. The van der Waals surface area contributed by atoms with Crippen LogP contribution in [0.25, 0.3) is 0 Å². The van der Waals surface area contributed by atoms with Gasteiger partial charge in [-0.25, -0.2) is 0 Å². The number of likely N-dealkylation sites (tertiary alicyclic amines) is 1. The predicted octanol–water partition coefficient (Wildman–Crippen LogP) is 3.01. The van der Waals surface area contributed by atoms with E-state index in [4.69, 9.17) is 9.47 Å². The van der Waals surface area contributed by atoms with Crippen molar-refractivity contribution in [2.75, 3.05) is 33.8 Å². The molecule has 162 valence electrons. The molecule has 6 nitrogen and oxygen atoms in total. The summed E-state index contributed by atoms with van der Waals surface area (Å²) >= 11 is 0. The van der Waals surface area contributed by atoms with E-state index in [0.29, 0.717) is 24.2 Å². The molecule has 0 aromatic heterocycles. The SMILES string of the molecule is CN=C(NCC1CCN(Cc2ccc(OC)cc2)CC1)NC1CC2CCC1O2.I. The summed E-state index contributed by atoms with van der Waals surface area (Å²) in [6.07, 6.45) is 6.85. The molecule has 3 atom stereocenters. The highest BCUT2D eigenvalue weighted by molar-refractivity contribution is 14.0. The summed E-state index contributed by atoms with van der Waals surface area (Å²) in [4.78, 5) is 6.98. The summed E-state index contributed by atoms with van der Waals surface area (Å²) in [6, 6.07) is 8.86. The minimum absolute atomic E-state index is 0. The lowest BCUT2D eigenvalue weighted by molar-refractivity contribution is 0.0992. The second kappa shape index (κ2) is 10.8. The van der Waals surface area contributed by atoms with Gasteiger partial charge in [0.25, 0.3) is 0 Å². The Morgan fingerprint density at radius 2 is 1.93 bits per heavy atom. The number of rotatable bonds is 6. The Bertz CT molecular complexity index is 661. The summed E-state index contributed by atoms with van der Waals surface area (Å²) < 4.78 is 11.2. The zero-order valence-electron chi connectivity index (χ0n) is 17.6. The second-order valence-electron chi connectivity index (χ2n) is 8.38. The van der Waals surface area contributed by atoms with E-state index in [1.165, 1.54) is 31.2 Å². The van der Waals surface area contributed by atoms with Crippen LogP contribution in [-0.4, -0.2) is 62.9 Å². The lowest BCUT2D eigenvalue weighted by atomic mass is 9.95. The van der Waals surface area contributed by atoms with Gasteiger partial charge in [-0.2, -0.15) is 0 Å². The largest absolute Gasteiger partial charge is 0.497 e. The molecule has 0 amide bonds. The lowest BCUT2D eigenvalue weighted by Crippen LogP contribution is -2.49. The van der Waals surface area contributed by atoms with Gasteiger partial charge in [-0.05, 0) is 68.8 Å². The first-order chi connectivity index (χ1) is 13.7. The maximum absolute atomic E-state index is 5.94. The van der Waals surface area contributed by atoms with E-state index in [9.17, 15) is 0 Å². The standard InChI is InChI=1S/C22H34N4O2.HI/c1-23-22(25-20-13-19-7-8-21(20)28-19)24-14-16-9-11-26(12-10-16)15-17-3-5-18(27-2)6-4-17;/h3-6,16,19-21H,7-15H2,1-2H3,(H2,23,24,25);1H. The van der Waals surface area contributed by atoms with Crippen molar-refractivity contribution in [1.82, 2.24) is 15.5 Å². The first-order valence-electron chi connectivity index (χ1n) is 10.7. The van der Waals surface area contributed by atoms with Crippen molar-refractivity contribution in [2.45, 2.75) is 56.9 Å². The van der Waals surface area contributed by atoms with Crippen LogP contribution in [0.4, 0.5) is 0 Å². The van der Waals surface area contributed by atoms with Gasteiger partial charge in [0.2, 0.25) is 0 Å². The van der Waals surface area contributed by atoms with E-state index in [1.807, 2.05) is 19.2 Å². The van der Waals surface area contributed by atoms with Crippen molar-refractivity contribution < 1.29 is 9.47 Å². The van der Waals surface area contributed by atoms with Crippen LogP contribution in [0.15, 0.2) is 29.3 Å². The fourth-order valence-electron chi connectivity index (χ4n) is 4.74. The molecule has 3 aliphatic heterocycles. The van der Waals surface area contributed by atoms with Crippen LogP contribution in [0.3, 0.4) is 0 Å². The highest BCUT2D eigenvalue weighted by atomic mass is 127. The van der Waals surface area contributed by atoms with Crippen LogP contribution in [-0.2, 0) is 11.3 Å². The number of piperidine rings is 1. The minimum Gasteiger partial charge on any atom is -0.497 e. The fourth-order valence-corrected chi connectivity index (χ4v) is 4.74. The van der Waals surface area contributed by atoms with Crippen molar-refractivity contribution in [1.29, 1.82) is 0 Å². The summed E-state index contributed by atoms with van der Waals surface area (Å²) in [5.41, 5.74) is 1.36. The molecule has 4 rings (SSSR count). The third-order valence-electron chi connectivity index (χ3n) is 6.48. The van der Waals surface area contributed by atoms with E-state index in [1.54, 1.807) is 7.11 Å². The third-order valence-corrected chi connectivity index (χ3v) is 6.48. The number of guanidine groups is 1. The molecule has 3 unspecified atom stereocenters. The molecule has 0 aliphatic carbocycles. The predicted molar refractivity (Wildman–Crippen MR) is 127 cm³/mol. The van der Waals surface area contributed by atoms with Crippen molar-refractivity contribution in [3.05, 3.63) is 29.8 Å².